The zero-order valence-electron chi connectivity index (χ0n) is 14.5. The summed E-state index contributed by atoms with van der Waals surface area (Å²) in [6.45, 7) is 1.87. The summed E-state index contributed by atoms with van der Waals surface area (Å²) in [7, 11) is -14.3. The summed E-state index contributed by atoms with van der Waals surface area (Å²) in [5.41, 5.74) is 5.44. The smallest absolute Gasteiger partial charge is 0.369 e. The van der Waals surface area contributed by atoms with Crippen LogP contribution in [0.1, 0.15) is 6.92 Å². The van der Waals surface area contributed by atoms with E-state index in [1.807, 2.05) is 0 Å². The Morgan fingerprint density at radius 3 is 2.17 bits per heavy atom. The first kappa shape index (κ1) is 25.6. The Morgan fingerprint density at radius 1 is 1.17 bits per heavy atom. The van der Waals surface area contributed by atoms with E-state index in [2.05, 4.69) is 19.3 Å². The summed E-state index contributed by atoms with van der Waals surface area (Å²) in [6.07, 6.45) is 0.225. The molecular formula is C9H18N5O12P3. The fraction of sp³-hybridized carbons (Fsp3) is 0.444. The molecule has 0 aromatic carbocycles. The molecule has 0 aliphatic heterocycles. The number of hydrogen-bond acceptors (Lipinski definition) is 9. The Hall–Kier alpha value is -1.48. The Morgan fingerprint density at radius 2 is 1.72 bits per heavy atom. The molecule has 0 aliphatic rings. The summed E-state index contributed by atoms with van der Waals surface area (Å²) >= 11 is 0. The number of nitrogens with zero attached hydrogens (tertiary/aromatic N) is 3. The average molecular weight is 481 g/mol. The van der Waals surface area contributed by atoms with Crippen molar-refractivity contribution in [3.05, 3.63) is 16.7 Å². The van der Waals surface area contributed by atoms with Crippen molar-refractivity contribution in [2.45, 2.75) is 19.6 Å². The van der Waals surface area contributed by atoms with Gasteiger partial charge in [0, 0.05) is 0 Å². The molecule has 166 valence electrons. The third-order valence-electron chi connectivity index (χ3n) is 2.69. The van der Waals surface area contributed by atoms with Gasteiger partial charge in [0.25, 0.3) is 5.56 Å². The molecule has 2 aromatic heterocycles. The van der Waals surface area contributed by atoms with E-state index in [0.717, 1.165) is 0 Å². The minimum absolute atomic E-state index is 0.0342. The monoisotopic (exact) mass is 481 g/mol. The molecule has 2 heterocycles. The van der Waals surface area contributed by atoms with E-state index >= 15 is 0 Å². The van der Waals surface area contributed by atoms with E-state index in [0.29, 0.717) is 0 Å². The van der Waals surface area contributed by atoms with Gasteiger partial charge in [0.2, 0.25) is 5.95 Å². The molecule has 0 spiro atoms. The number of rotatable bonds is 7. The maximum Gasteiger partial charge on any atom is 0.478 e. The standard InChI is InChI=1S/C9H14N5O5P.H4O7P2/c1-5(19-4-20(16,17)18)2-14-3-11-6-7(14)12-9(10)13-8(6)15;1-8(2,3)7-9(4,5)6/h3,5H,2,4H2,1H3,(H2,16,17,18)(H3,10,12,13,15);(H2,1,2,3)(H2,4,5,6)/t5-;/m1./s1. The van der Waals surface area contributed by atoms with Crippen molar-refractivity contribution >= 4 is 40.4 Å². The molecule has 1 atom stereocenters. The van der Waals surface area contributed by atoms with Gasteiger partial charge in [0.05, 0.1) is 19.0 Å². The molecule has 0 bridgehead atoms. The Kier molecular flexibility index (Phi) is 8.42. The molecular weight excluding hydrogens is 463 g/mol. The van der Waals surface area contributed by atoms with Gasteiger partial charge in [-0.2, -0.15) is 9.29 Å². The summed E-state index contributed by atoms with van der Waals surface area (Å²) in [6, 6.07) is 0. The second kappa shape index (κ2) is 9.55. The fourth-order valence-electron chi connectivity index (χ4n) is 1.80. The van der Waals surface area contributed by atoms with Gasteiger partial charge in [0.1, 0.15) is 6.35 Å². The van der Waals surface area contributed by atoms with Crippen molar-refractivity contribution in [2.75, 3.05) is 12.1 Å². The molecule has 0 radical (unpaired) electrons. The zero-order chi connectivity index (χ0) is 22.6. The van der Waals surface area contributed by atoms with E-state index in [4.69, 9.17) is 39.8 Å². The quantitative estimate of drug-likeness (QED) is 0.207. The number of aromatic nitrogens is 4. The number of ether oxygens (including phenoxy) is 1. The van der Waals surface area contributed by atoms with Crippen LogP contribution in [0.4, 0.5) is 5.95 Å². The first-order valence-electron chi connectivity index (χ1n) is 7.16. The minimum atomic E-state index is -5.05. The first-order valence-corrected chi connectivity index (χ1v) is 12.0. The maximum absolute atomic E-state index is 11.6. The van der Waals surface area contributed by atoms with Crippen LogP contribution in [0.5, 0.6) is 0 Å². The average Bonchev–Trinajstić information content (AvgIpc) is 2.84. The van der Waals surface area contributed by atoms with Crippen LogP contribution >= 0.6 is 23.2 Å². The van der Waals surface area contributed by atoms with Gasteiger partial charge in [-0.1, -0.05) is 0 Å². The predicted octanol–water partition coefficient (Wildman–Crippen LogP) is -1.57. The van der Waals surface area contributed by atoms with Gasteiger partial charge in [-0.25, -0.2) is 14.1 Å². The molecule has 0 saturated carbocycles. The molecule has 0 aliphatic carbocycles. The lowest BCUT2D eigenvalue weighted by Crippen LogP contribution is -2.18. The van der Waals surface area contributed by atoms with Gasteiger partial charge in [-0.3, -0.25) is 14.3 Å². The number of phosphoric acid groups is 2. The Balaban J connectivity index is 0.000000396. The number of nitrogens with one attached hydrogen (secondary N) is 1. The van der Waals surface area contributed by atoms with Crippen LogP contribution in [0, 0.1) is 0 Å². The molecule has 0 unspecified atom stereocenters. The highest BCUT2D eigenvalue weighted by molar-refractivity contribution is 7.60. The second-order valence-corrected chi connectivity index (χ2v) is 9.56. The van der Waals surface area contributed by atoms with Crippen molar-refractivity contribution in [1.82, 2.24) is 19.5 Å². The number of aromatic amines is 1. The molecule has 17 nitrogen and oxygen atoms in total. The summed E-state index contributed by atoms with van der Waals surface area (Å²) < 4.78 is 39.5. The van der Waals surface area contributed by atoms with E-state index in [1.54, 1.807) is 6.92 Å². The van der Waals surface area contributed by atoms with Crippen molar-refractivity contribution in [3.63, 3.8) is 0 Å². The second-order valence-electron chi connectivity index (χ2n) is 5.35. The Bertz CT molecular complexity index is 1010. The molecule has 2 aromatic rings. The van der Waals surface area contributed by atoms with Crippen LogP contribution in [0.3, 0.4) is 0 Å². The molecule has 29 heavy (non-hydrogen) atoms. The van der Waals surface area contributed by atoms with E-state index in [9.17, 15) is 18.5 Å². The van der Waals surface area contributed by atoms with Crippen molar-refractivity contribution in [2.24, 2.45) is 0 Å². The van der Waals surface area contributed by atoms with Gasteiger partial charge in [-0.15, -0.1) is 0 Å². The van der Waals surface area contributed by atoms with Crippen molar-refractivity contribution in [3.8, 4) is 0 Å². The van der Waals surface area contributed by atoms with Crippen LogP contribution in [0.25, 0.3) is 11.2 Å². The molecule has 0 saturated heterocycles. The number of nitrogens with two attached hydrogens (primary N) is 1. The van der Waals surface area contributed by atoms with Gasteiger partial charge >= 0.3 is 23.2 Å². The van der Waals surface area contributed by atoms with E-state index in [-0.39, 0.29) is 23.7 Å². The summed E-state index contributed by atoms with van der Waals surface area (Å²) in [4.78, 5) is 70.2. The van der Waals surface area contributed by atoms with Gasteiger partial charge in [0.15, 0.2) is 11.2 Å². The zero-order valence-corrected chi connectivity index (χ0v) is 17.1. The highest BCUT2D eigenvalue weighted by Crippen LogP contribution is 2.53. The first-order chi connectivity index (χ1) is 13.0. The number of imidazole rings is 1. The highest BCUT2D eigenvalue weighted by atomic mass is 31.3. The molecule has 2 rings (SSSR count). The molecule has 20 heteroatoms. The fourth-order valence-corrected chi connectivity index (χ4v) is 3.35. The minimum Gasteiger partial charge on any atom is -0.369 e. The third-order valence-corrected chi connectivity index (χ3v) is 4.87. The number of fused-ring (bicyclic) bond motifs is 1. The highest BCUT2D eigenvalue weighted by Gasteiger charge is 2.28. The van der Waals surface area contributed by atoms with E-state index < -0.39 is 41.3 Å². The largest absolute Gasteiger partial charge is 0.478 e. The third kappa shape index (κ3) is 10.2. The van der Waals surface area contributed by atoms with Crippen LogP contribution < -0.4 is 11.3 Å². The van der Waals surface area contributed by atoms with Crippen LogP contribution in [-0.2, 0) is 29.3 Å². The maximum atomic E-state index is 11.6. The van der Waals surface area contributed by atoms with Gasteiger partial charge in [-0.05, 0) is 6.92 Å². The number of nitrogen functional groups attached to an aromatic ring is 1. The lowest BCUT2D eigenvalue weighted by Gasteiger charge is -2.14. The van der Waals surface area contributed by atoms with Crippen LogP contribution in [-0.4, -0.2) is 61.3 Å². The normalized spacial score (nSPS) is 13.8. The number of hydrogen-bond donors (Lipinski definition) is 8. The predicted molar refractivity (Wildman–Crippen MR) is 95.2 cm³/mol. The Labute approximate surface area is 161 Å². The number of anilines is 1. The lowest BCUT2D eigenvalue weighted by atomic mass is 10.4. The van der Waals surface area contributed by atoms with E-state index in [1.165, 1.54) is 10.9 Å². The number of H-pyrrole nitrogens is 1. The molecule has 0 fully saturated rings. The SMILES string of the molecule is C[C@H](Cn1cnc2c(=O)[nH]c(N)nc21)OCP(=O)(O)O.O=P(O)(O)OP(=O)(O)O. The molecule has 9 N–H and O–H groups in total. The summed E-state index contributed by atoms with van der Waals surface area (Å²) in [5, 5.41) is 0. The molecule has 0 amide bonds. The lowest BCUT2D eigenvalue weighted by molar-refractivity contribution is 0.0764. The van der Waals surface area contributed by atoms with Crippen molar-refractivity contribution < 1.29 is 52.1 Å². The van der Waals surface area contributed by atoms with Crippen LogP contribution in [0.15, 0.2) is 11.1 Å². The van der Waals surface area contributed by atoms with Crippen molar-refractivity contribution in [1.29, 1.82) is 0 Å². The summed E-state index contributed by atoms with van der Waals surface area (Å²) in [5.74, 6) is -0.0342. The topological polar surface area (TPSA) is 281 Å². The van der Waals surface area contributed by atoms with Gasteiger partial charge < -0.3 is 44.4 Å². The van der Waals surface area contributed by atoms with Crippen LogP contribution in [0.2, 0.25) is 0 Å².